The maximum absolute atomic E-state index is 15.0. The smallest absolute Gasteiger partial charge is 0.351 e. The molecule has 4 atom stereocenters. The van der Waals surface area contributed by atoms with E-state index in [9.17, 15) is 14.4 Å². The topological polar surface area (TPSA) is 123 Å². The normalized spacial score (nSPS) is 23.6. The van der Waals surface area contributed by atoms with Crippen LogP contribution in [0, 0.1) is 0 Å². The summed E-state index contributed by atoms with van der Waals surface area (Å²) in [4.78, 5) is 39.2. The van der Waals surface area contributed by atoms with E-state index in [1.165, 1.54) is 6.20 Å². The van der Waals surface area contributed by atoms with Crippen molar-refractivity contribution in [1.82, 2.24) is 9.55 Å². The number of ether oxygens (including phenoxy) is 3. The van der Waals surface area contributed by atoms with Crippen LogP contribution in [-0.4, -0.2) is 46.5 Å². The largest absolute Gasteiger partial charge is 0.459 e. The third-order valence-corrected chi connectivity index (χ3v) is 4.78. The highest BCUT2D eigenvalue weighted by molar-refractivity contribution is 9.10. The number of esters is 2. The molecular weight excluding hydrogens is 453 g/mol. The predicted octanol–water partition coefficient (Wildman–Crippen LogP) is 1.61. The first-order valence-corrected chi connectivity index (χ1v) is 9.30. The summed E-state index contributed by atoms with van der Waals surface area (Å²) in [5.74, 6) is -1.46. The molecule has 1 aromatic carbocycles. The molecule has 0 unspecified atom stereocenters. The summed E-state index contributed by atoms with van der Waals surface area (Å²) >= 11 is 3.11. The average Bonchev–Trinajstić information content (AvgIpc) is 2.98. The van der Waals surface area contributed by atoms with Crippen molar-refractivity contribution in [2.45, 2.75) is 31.5 Å². The molecule has 0 spiro atoms. The number of aromatic nitrogens is 2. The minimum absolute atomic E-state index is 0.0652. The van der Waals surface area contributed by atoms with Crippen LogP contribution in [0.1, 0.15) is 23.5 Å². The zero-order valence-corrected chi connectivity index (χ0v) is 16.7. The molecule has 0 radical (unpaired) electrons. The fraction of sp³-hybridized carbons (Fsp3) is 0.333. The van der Waals surface area contributed by atoms with Crippen molar-refractivity contribution in [2.24, 2.45) is 0 Å². The van der Waals surface area contributed by atoms with Crippen molar-refractivity contribution in [3.05, 3.63) is 57.0 Å². The molecule has 2 N–H and O–H groups in total. The van der Waals surface area contributed by atoms with E-state index in [2.05, 4.69) is 20.9 Å². The summed E-state index contributed by atoms with van der Waals surface area (Å²) in [5, 5.41) is 0. The number of anilines is 1. The summed E-state index contributed by atoms with van der Waals surface area (Å²) < 4.78 is 31.9. The summed E-state index contributed by atoms with van der Waals surface area (Å²) in [6, 6.07) is 8.17. The van der Waals surface area contributed by atoms with Crippen molar-refractivity contribution in [1.29, 1.82) is 0 Å². The predicted molar refractivity (Wildman–Crippen MR) is 102 cm³/mol. The Hall–Kier alpha value is -2.79. The fourth-order valence-corrected chi connectivity index (χ4v) is 3.15. The van der Waals surface area contributed by atoms with Gasteiger partial charge in [0.15, 0.2) is 18.5 Å². The minimum Gasteiger partial charge on any atom is -0.459 e. The van der Waals surface area contributed by atoms with Gasteiger partial charge in [0, 0.05) is 13.1 Å². The van der Waals surface area contributed by atoms with Crippen LogP contribution in [0.4, 0.5) is 10.2 Å². The molecule has 0 bridgehead atoms. The van der Waals surface area contributed by atoms with Gasteiger partial charge in [-0.25, -0.2) is 14.0 Å². The number of carbonyl (C=O) groups is 2. The molecule has 0 saturated carbocycles. The van der Waals surface area contributed by atoms with E-state index in [0.717, 1.165) is 11.5 Å². The van der Waals surface area contributed by atoms with Crippen LogP contribution >= 0.6 is 15.9 Å². The summed E-state index contributed by atoms with van der Waals surface area (Å²) in [6.45, 7) is 0.724. The lowest BCUT2D eigenvalue weighted by molar-refractivity contribution is -0.152. The molecule has 29 heavy (non-hydrogen) atoms. The number of nitrogen functional groups attached to an aromatic ring is 1. The average molecular weight is 470 g/mol. The second-order valence-corrected chi connectivity index (χ2v) is 7.07. The Kier molecular flexibility index (Phi) is 6.28. The number of alkyl halides is 1. The summed E-state index contributed by atoms with van der Waals surface area (Å²) in [7, 11) is 0. The molecular formula is C18H17BrFN3O6. The second kappa shape index (κ2) is 8.70. The molecule has 1 aliphatic rings. The van der Waals surface area contributed by atoms with Gasteiger partial charge in [0.05, 0.1) is 10.0 Å². The number of hydrogen-bond acceptors (Lipinski definition) is 8. The van der Waals surface area contributed by atoms with Crippen LogP contribution in [0.15, 0.2) is 45.8 Å². The third-order valence-electron chi connectivity index (χ3n) is 4.17. The maximum atomic E-state index is 15.0. The number of nitrogens with two attached hydrogens (primary N) is 1. The minimum atomic E-state index is -1.91. The molecule has 0 aliphatic carbocycles. The quantitative estimate of drug-likeness (QED) is 0.655. The highest BCUT2D eigenvalue weighted by atomic mass is 79.9. The SMILES string of the molecule is CC(=O)O[C@H]1[C@@H](F)[C@H](n2cc(Br)c(N)nc2=O)O[C@@H]1COC(=O)c1ccccc1. The first kappa shape index (κ1) is 20.9. The van der Waals surface area contributed by atoms with Crippen LogP contribution in [0.5, 0.6) is 0 Å². The molecule has 11 heteroatoms. The van der Waals surface area contributed by atoms with Crippen LogP contribution in [-0.2, 0) is 19.0 Å². The zero-order valence-electron chi connectivity index (χ0n) is 15.2. The monoisotopic (exact) mass is 469 g/mol. The molecule has 1 saturated heterocycles. The van der Waals surface area contributed by atoms with Crippen LogP contribution in [0.2, 0.25) is 0 Å². The van der Waals surface area contributed by atoms with Crippen molar-refractivity contribution >= 4 is 33.7 Å². The van der Waals surface area contributed by atoms with E-state index in [-0.39, 0.29) is 16.9 Å². The van der Waals surface area contributed by atoms with Gasteiger partial charge in [-0.1, -0.05) is 18.2 Å². The first-order chi connectivity index (χ1) is 13.8. The Morgan fingerprint density at radius 2 is 2.03 bits per heavy atom. The van der Waals surface area contributed by atoms with E-state index in [1.54, 1.807) is 30.3 Å². The second-order valence-electron chi connectivity index (χ2n) is 6.21. The van der Waals surface area contributed by atoms with Gasteiger partial charge in [-0.2, -0.15) is 4.98 Å². The van der Waals surface area contributed by atoms with E-state index in [1.807, 2.05) is 0 Å². The summed E-state index contributed by atoms with van der Waals surface area (Å²) in [5.41, 5.74) is 5.00. The number of carbonyl (C=O) groups excluding carboxylic acids is 2. The number of benzene rings is 1. The Bertz CT molecular complexity index is 970. The molecule has 2 heterocycles. The fourth-order valence-electron chi connectivity index (χ4n) is 2.84. The van der Waals surface area contributed by atoms with Gasteiger partial charge < -0.3 is 19.9 Å². The lowest BCUT2D eigenvalue weighted by Gasteiger charge is -2.18. The highest BCUT2D eigenvalue weighted by Crippen LogP contribution is 2.34. The highest BCUT2D eigenvalue weighted by Gasteiger charge is 2.49. The summed E-state index contributed by atoms with van der Waals surface area (Å²) in [6.07, 6.45) is -4.64. The van der Waals surface area contributed by atoms with Gasteiger partial charge in [0.25, 0.3) is 0 Å². The maximum Gasteiger partial charge on any atom is 0.351 e. The van der Waals surface area contributed by atoms with Crippen LogP contribution in [0.25, 0.3) is 0 Å². The number of nitrogens with zero attached hydrogens (tertiary/aromatic N) is 2. The van der Waals surface area contributed by atoms with Gasteiger partial charge in [0.1, 0.15) is 18.5 Å². The molecule has 1 aromatic heterocycles. The van der Waals surface area contributed by atoms with Gasteiger partial charge in [-0.3, -0.25) is 9.36 Å². The molecule has 1 fully saturated rings. The van der Waals surface area contributed by atoms with Crippen molar-refractivity contribution in [3.63, 3.8) is 0 Å². The van der Waals surface area contributed by atoms with E-state index >= 15 is 4.39 Å². The molecule has 0 amide bonds. The molecule has 9 nitrogen and oxygen atoms in total. The van der Waals surface area contributed by atoms with Gasteiger partial charge in [-0.15, -0.1) is 0 Å². The van der Waals surface area contributed by atoms with Crippen molar-refractivity contribution in [2.75, 3.05) is 12.3 Å². The molecule has 3 rings (SSSR count). The lowest BCUT2D eigenvalue weighted by Crippen LogP contribution is -2.37. The Balaban J connectivity index is 1.80. The third kappa shape index (κ3) is 4.62. The Morgan fingerprint density at radius 3 is 2.69 bits per heavy atom. The Morgan fingerprint density at radius 1 is 1.34 bits per heavy atom. The number of hydrogen-bond donors (Lipinski definition) is 1. The van der Waals surface area contributed by atoms with Crippen molar-refractivity contribution in [3.8, 4) is 0 Å². The van der Waals surface area contributed by atoms with Crippen LogP contribution in [0.3, 0.4) is 0 Å². The van der Waals surface area contributed by atoms with Crippen molar-refractivity contribution < 1.29 is 28.2 Å². The Labute approximate surface area is 172 Å². The van der Waals surface area contributed by atoms with E-state index in [4.69, 9.17) is 19.9 Å². The molecule has 2 aromatic rings. The van der Waals surface area contributed by atoms with E-state index in [0.29, 0.717) is 5.56 Å². The standard InChI is InChI=1S/C18H17BrFN3O6/c1-9(24)28-14-12(8-27-17(25)10-5-3-2-4-6-10)29-16(13(14)20)23-7-11(19)15(21)22-18(23)26/h2-7,12-14,16H,8H2,1H3,(H2,21,22,26)/t12-,13-,14-,16-/m1/s1. The van der Waals surface area contributed by atoms with Gasteiger partial charge >= 0.3 is 17.6 Å². The molecule has 154 valence electrons. The first-order valence-electron chi connectivity index (χ1n) is 8.51. The van der Waals surface area contributed by atoms with Gasteiger partial charge in [0.2, 0.25) is 0 Å². The number of halogens is 2. The number of rotatable bonds is 5. The zero-order chi connectivity index (χ0) is 21.1. The van der Waals surface area contributed by atoms with Gasteiger partial charge in [-0.05, 0) is 28.1 Å². The lowest BCUT2D eigenvalue weighted by atomic mass is 10.1. The van der Waals surface area contributed by atoms with E-state index < -0.39 is 42.2 Å². The van der Waals surface area contributed by atoms with Crippen LogP contribution < -0.4 is 11.4 Å². The molecule has 1 aliphatic heterocycles.